The average molecular weight is 432 g/mol. The molecule has 0 aliphatic heterocycles. The van der Waals surface area contributed by atoms with Crippen molar-refractivity contribution >= 4 is 11.6 Å². The van der Waals surface area contributed by atoms with E-state index in [-0.39, 0.29) is 12.5 Å². The molecule has 32 heavy (non-hydrogen) atoms. The number of rotatable bonds is 6. The topological polar surface area (TPSA) is 84.5 Å². The second-order valence-electron chi connectivity index (χ2n) is 11.0. The molecule has 5 unspecified atom stereocenters. The number of imidazole rings is 2. The molecule has 3 aromatic rings. The van der Waals surface area contributed by atoms with Crippen molar-refractivity contribution in [3.8, 4) is 0 Å². The second kappa shape index (κ2) is 6.44. The maximum atomic E-state index is 13.3. The molecule has 0 radical (unpaired) electrons. The minimum Gasteiger partial charge on any atom is -0.390 e. The van der Waals surface area contributed by atoms with Crippen molar-refractivity contribution in [2.75, 3.05) is 6.54 Å². The minimum atomic E-state index is -0.0630. The van der Waals surface area contributed by atoms with Gasteiger partial charge in [-0.1, -0.05) is 6.07 Å². The van der Waals surface area contributed by atoms with Gasteiger partial charge in [0, 0.05) is 12.7 Å². The zero-order valence-electron chi connectivity index (χ0n) is 18.2. The number of amides is 1. The first-order valence-electron chi connectivity index (χ1n) is 11.9. The van der Waals surface area contributed by atoms with E-state index in [2.05, 4.69) is 15.3 Å². The van der Waals surface area contributed by atoms with Gasteiger partial charge in [0.15, 0.2) is 0 Å². The smallest absolute Gasteiger partial charge is 0.268 e. The fourth-order valence-electron chi connectivity index (χ4n) is 8.22. The average Bonchev–Trinajstić information content (AvgIpc) is 3.49. The van der Waals surface area contributed by atoms with Gasteiger partial charge in [-0.15, -0.1) is 0 Å². The molecule has 166 valence electrons. The van der Waals surface area contributed by atoms with Crippen molar-refractivity contribution < 1.29 is 9.90 Å². The van der Waals surface area contributed by atoms with Gasteiger partial charge in [-0.05, 0) is 79.2 Å². The predicted molar refractivity (Wildman–Crippen MR) is 118 cm³/mol. The number of hydrogen-bond donors (Lipinski definition) is 2. The van der Waals surface area contributed by atoms with Crippen LogP contribution < -0.4 is 5.32 Å². The van der Waals surface area contributed by atoms with E-state index < -0.39 is 0 Å². The molecule has 5 atom stereocenters. The zero-order chi connectivity index (χ0) is 21.5. The van der Waals surface area contributed by atoms with Crippen molar-refractivity contribution in [3.05, 3.63) is 54.0 Å². The highest BCUT2D eigenvalue weighted by Gasteiger charge is 2.70. The summed E-state index contributed by atoms with van der Waals surface area (Å²) in [6, 6.07) is 5.70. The number of pyridine rings is 1. The van der Waals surface area contributed by atoms with Crippen LogP contribution in [0.1, 0.15) is 60.4 Å². The van der Waals surface area contributed by atoms with Crippen molar-refractivity contribution in [1.29, 1.82) is 0 Å². The Labute approximate surface area is 186 Å². The number of hydrogen-bond acceptors (Lipinski definition) is 4. The molecule has 2 N–H and O–H groups in total. The lowest BCUT2D eigenvalue weighted by molar-refractivity contribution is -0.00254. The number of carbonyl (C=O) groups is 1. The highest BCUT2D eigenvalue weighted by Crippen LogP contribution is 2.78. The number of nitrogens with zero attached hydrogens (tertiary/aromatic N) is 4. The number of aliphatic hydroxyl groups is 1. The first-order valence-corrected chi connectivity index (χ1v) is 11.9. The quantitative estimate of drug-likeness (QED) is 0.628. The molecule has 7 rings (SSSR count). The third-order valence-electron chi connectivity index (χ3n) is 9.28. The summed E-state index contributed by atoms with van der Waals surface area (Å²) in [7, 11) is 0. The van der Waals surface area contributed by atoms with Crippen LogP contribution in [0.2, 0.25) is 0 Å². The van der Waals surface area contributed by atoms with Gasteiger partial charge in [0.25, 0.3) is 5.91 Å². The Kier molecular flexibility index (Phi) is 3.79. The van der Waals surface area contributed by atoms with Crippen LogP contribution in [-0.4, -0.2) is 36.5 Å². The Bertz CT molecular complexity index is 1230. The molecule has 4 aliphatic carbocycles. The number of carbonyl (C=O) groups excluding carboxylic acids is 1. The summed E-state index contributed by atoms with van der Waals surface area (Å²) in [5.74, 6) is 2.78. The molecule has 7 nitrogen and oxygen atoms in total. The van der Waals surface area contributed by atoms with Crippen LogP contribution in [0.15, 0.2) is 36.9 Å². The standard InChI is InChI=1S/C25H29N5O2/c31-12-20-9-26-15-29(20)10-19-11-30-21(2-1-3-22(30)28-19)23(32)27-14-24-6-16-4-17-5-18(8-24)25(17,7-16)13-24/h1-3,9,11,15-18,31H,4-8,10,12-14H2,(H,27,32). The van der Waals surface area contributed by atoms with E-state index in [4.69, 9.17) is 0 Å². The SMILES string of the molecule is O=C(NCC12CC3CC4CC(C1)C4(C3)C2)c1cccc2nc(Cn3cncc3CO)cn12. The van der Waals surface area contributed by atoms with Crippen LogP contribution in [0, 0.1) is 28.6 Å². The summed E-state index contributed by atoms with van der Waals surface area (Å²) in [4.78, 5) is 22.1. The van der Waals surface area contributed by atoms with Crippen LogP contribution >= 0.6 is 0 Å². The highest BCUT2D eigenvalue weighted by molar-refractivity contribution is 5.93. The first kappa shape index (κ1) is 18.9. The molecule has 7 heteroatoms. The van der Waals surface area contributed by atoms with Crippen LogP contribution in [-0.2, 0) is 13.2 Å². The summed E-state index contributed by atoms with van der Waals surface area (Å²) in [6.45, 7) is 1.25. The lowest BCUT2D eigenvalue weighted by Gasteiger charge is -2.49. The molecule has 1 amide bonds. The van der Waals surface area contributed by atoms with Crippen LogP contribution in [0.4, 0.5) is 0 Å². The summed E-state index contributed by atoms with van der Waals surface area (Å²) >= 11 is 0. The van der Waals surface area contributed by atoms with E-state index in [1.807, 2.05) is 33.4 Å². The second-order valence-corrected chi connectivity index (χ2v) is 11.0. The first-order chi connectivity index (χ1) is 15.6. The number of nitrogens with one attached hydrogen (secondary N) is 1. The van der Waals surface area contributed by atoms with E-state index in [0.29, 0.717) is 23.1 Å². The van der Waals surface area contributed by atoms with Crippen molar-refractivity contribution in [2.45, 2.75) is 51.7 Å². The van der Waals surface area contributed by atoms with Crippen LogP contribution in [0.25, 0.3) is 5.65 Å². The van der Waals surface area contributed by atoms with Gasteiger partial charge < -0.3 is 15.0 Å². The van der Waals surface area contributed by atoms with Gasteiger partial charge >= 0.3 is 0 Å². The van der Waals surface area contributed by atoms with E-state index in [1.165, 1.54) is 38.5 Å². The molecular formula is C25H29N5O2. The van der Waals surface area contributed by atoms with Crippen LogP contribution in [0.5, 0.6) is 0 Å². The molecule has 0 aromatic carbocycles. The van der Waals surface area contributed by atoms with Crippen molar-refractivity contribution in [2.24, 2.45) is 28.6 Å². The Morgan fingerprint density at radius 3 is 3.06 bits per heavy atom. The monoisotopic (exact) mass is 431 g/mol. The molecule has 3 aromatic heterocycles. The molecular weight excluding hydrogens is 402 g/mol. The summed E-state index contributed by atoms with van der Waals surface area (Å²) in [6.07, 6.45) is 13.6. The molecule has 1 spiro atoms. The van der Waals surface area contributed by atoms with Crippen molar-refractivity contribution in [1.82, 2.24) is 24.3 Å². The molecule has 4 saturated carbocycles. The van der Waals surface area contributed by atoms with Gasteiger partial charge in [-0.3, -0.25) is 9.20 Å². The maximum absolute atomic E-state index is 13.3. The molecule has 3 heterocycles. The Balaban J connectivity index is 1.11. The minimum absolute atomic E-state index is 0.0150. The third kappa shape index (κ3) is 2.54. The number of aromatic nitrogens is 4. The maximum Gasteiger partial charge on any atom is 0.268 e. The Morgan fingerprint density at radius 1 is 1.22 bits per heavy atom. The summed E-state index contributed by atoms with van der Waals surface area (Å²) in [5.41, 5.74) is 3.93. The van der Waals surface area contributed by atoms with E-state index >= 15 is 0 Å². The number of fused-ring (bicyclic) bond motifs is 3. The van der Waals surface area contributed by atoms with E-state index in [1.54, 1.807) is 12.5 Å². The summed E-state index contributed by atoms with van der Waals surface area (Å²) < 4.78 is 3.76. The largest absolute Gasteiger partial charge is 0.390 e. The normalized spacial score (nSPS) is 34.1. The molecule has 0 saturated heterocycles. The van der Waals surface area contributed by atoms with Crippen LogP contribution in [0.3, 0.4) is 0 Å². The lowest BCUT2D eigenvalue weighted by Crippen LogP contribution is -2.43. The van der Waals surface area contributed by atoms with Crippen molar-refractivity contribution in [3.63, 3.8) is 0 Å². The highest BCUT2D eigenvalue weighted by atomic mass is 16.3. The van der Waals surface area contributed by atoms with Gasteiger partial charge in [-0.25, -0.2) is 9.97 Å². The fourth-order valence-corrected chi connectivity index (χ4v) is 8.22. The Hall–Kier alpha value is -2.67. The van der Waals surface area contributed by atoms with Gasteiger partial charge in [0.1, 0.15) is 11.3 Å². The fraction of sp³-hybridized carbons (Fsp3) is 0.560. The number of aliphatic hydroxyl groups excluding tert-OH is 1. The summed E-state index contributed by atoms with van der Waals surface area (Å²) in [5, 5.41) is 12.8. The predicted octanol–water partition coefficient (Wildman–Crippen LogP) is 3.02. The van der Waals surface area contributed by atoms with Gasteiger partial charge in [0.2, 0.25) is 0 Å². The van der Waals surface area contributed by atoms with Gasteiger partial charge in [0.05, 0.1) is 37.1 Å². The molecule has 4 aliphatic rings. The molecule has 3 bridgehead atoms. The Morgan fingerprint density at radius 2 is 2.16 bits per heavy atom. The van der Waals surface area contributed by atoms with Gasteiger partial charge in [-0.2, -0.15) is 0 Å². The molecule has 4 fully saturated rings. The van der Waals surface area contributed by atoms with E-state index in [0.717, 1.165) is 41.3 Å². The third-order valence-corrected chi connectivity index (χ3v) is 9.28. The zero-order valence-corrected chi connectivity index (χ0v) is 18.2. The van der Waals surface area contributed by atoms with E-state index in [9.17, 15) is 9.90 Å². The lowest BCUT2D eigenvalue weighted by atomic mass is 9.55.